The van der Waals surface area contributed by atoms with Crippen LogP contribution in [0.2, 0.25) is 10.0 Å². The summed E-state index contributed by atoms with van der Waals surface area (Å²) in [6, 6.07) is 10.0. The number of carbonyl (C=O) groups excluding carboxylic acids is 2. The number of carbonyl (C=O) groups is 2. The molecule has 0 spiro atoms. The molecule has 0 saturated carbocycles. The third-order valence-corrected chi connectivity index (χ3v) is 4.87. The van der Waals surface area contributed by atoms with Gasteiger partial charge in [0.25, 0.3) is 5.91 Å². The smallest absolute Gasteiger partial charge is 0.257 e. The summed E-state index contributed by atoms with van der Waals surface area (Å²) in [5.41, 5.74) is 1.70. The van der Waals surface area contributed by atoms with Crippen molar-refractivity contribution in [1.29, 1.82) is 0 Å². The average molecular weight is 394 g/mol. The predicted molar refractivity (Wildman–Crippen MR) is 103 cm³/mol. The van der Waals surface area contributed by atoms with Crippen molar-refractivity contribution in [2.75, 3.05) is 10.6 Å². The largest absolute Gasteiger partial charge is 0.322 e. The molecule has 25 heavy (non-hydrogen) atoms. The number of nitrogens with zero attached hydrogens (tertiary/aromatic N) is 1. The molecule has 2 amide bonds. The summed E-state index contributed by atoms with van der Waals surface area (Å²) in [7, 11) is 0. The lowest BCUT2D eigenvalue weighted by molar-refractivity contribution is -0.115. The molecule has 8 heteroatoms. The Labute approximate surface area is 158 Å². The number of anilines is 2. The lowest BCUT2D eigenvalue weighted by atomic mass is 10.2. The highest BCUT2D eigenvalue weighted by molar-refractivity contribution is 7.22. The van der Waals surface area contributed by atoms with Gasteiger partial charge in [0.2, 0.25) is 5.91 Å². The summed E-state index contributed by atoms with van der Waals surface area (Å²) >= 11 is 13.2. The number of nitrogens with one attached hydrogen (secondary N) is 2. The minimum atomic E-state index is -0.329. The molecule has 0 saturated heterocycles. The Morgan fingerprint density at radius 2 is 1.92 bits per heavy atom. The highest BCUT2D eigenvalue weighted by Crippen LogP contribution is 2.29. The third-order valence-electron chi connectivity index (χ3n) is 3.39. The second-order valence-electron chi connectivity index (χ2n) is 5.18. The predicted octanol–water partition coefficient (Wildman–Crippen LogP) is 5.20. The van der Waals surface area contributed by atoms with E-state index in [1.807, 2.05) is 0 Å². The molecule has 5 nitrogen and oxygen atoms in total. The summed E-state index contributed by atoms with van der Waals surface area (Å²) in [5.74, 6) is -0.421. The van der Waals surface area contributed by atoms with Gasteiger partial charge in [-0.05, 0) is 36.4 Å². The number of hydrogen-bond donors (Lipinski definition) is 2. The highest BCUT2D eigenvalue weighted by atomic mass is 35.5. The van der Waals surface area contributed by atoms with Gasteiger partial charge in [0, 0.05) is 17.1 Å². The van der Waals surface area contributed by atoms with Crippen LogP contribution >= 0.6 is 34.5 Å². The van der Waals surface area contributed by atoms with Crippen molar-refractivity contribution in [3.05, 3.63) is 52.0 Å². The van der Waals surface area contributed by atoms with Gasteiger partial charge in [0.15, 0.2) is 5.13 Å². The van der Waals surface area contributed by atoms with E-state index in [1.54, 1.807) is 37.3 Å². The number of rotatable bonds is 4. The molecule has 0 aliphatic carbocycles. The van der Waals surface area contributed by atoms with Gasteiger partial charge in [-0.2, -0.15) is 0 Å². The van der Waals surface area contributed by atoms with Crippen molar-refractivity contribution in [3.8, 4) is 0 Å². The quantitative estimate of drug-likeness (QED) is 0.639. The van der Waals surface area contributed by atoms with Crippen LogP contribution < -0.4 is 10.6 Å². The Kier molecular flexibility index (Phi) is 5.22. The zero-order valence-corrected chi connectivity index (χ0v) is 15.4. The molecule has 2 aromatic carbocycles. The molecule has 128 valence electrons. The van der Waals surface area contributed by atoms with Gasteiger partial charge in [-0.1, -0.05) is 41.5 Å². The molecular weight excluding hydrogens is 381 g/mol. The fourth-order valence-electron chi connectivity index (χ4n) is 2.14. The first-order chi connectivity index (χ1) is 12.0. The molecule has 3 aromatic rings. The maximum absolute atomic E-state index is 12.4. The van der Waals surface area contributed by atoms with Crippen LogP contribution in [0.1, 0.15) is 23.7 Å². The van der Waals surface area contributed by atoms with Crippen molar-refractivity contribution in [1.82, 2.24) is 4.98 Å². The highest BCUT2D eigenvalue weighted by Gasteiger charge is 2.12. The van der Waals surface area contributed by atoms with E-state index < -0.39 is 0 Å². The Morgan fingerprint density at radius 3 is 2.64 bits per heavy atom. The maximum atomic E-state index is 12.4. The van der Waals surface area contributed by atoms with E-state index in [9.17, 15) is 9.59 Å². The van der Waals surface area contributed by atoms with Gasteiger partial charge in [0.05, 0.1) is 20.8 Å². The molecule has 0 bridgehead atoms. The van der Waals surface area contributed by atoms with Crippen LogP contribution in [0.3, 0.4) is 0 Å². The Balaban J connectivity index is 1.81. The van der Waals surface area contributed by atoms with Crippen LogP contribution in [0.4, 0.5) is 10.8 Å². The van der Waals surface area contributed by atoms with E-state index in [1.165, 1.54) is 17.4 Å². The van der Waals surface area contributed by atoms with E-state index in [4.69, 9.17) is 23.2 Å². The van der Waals surface area contributed by atoms with Crippen molar-refractivity contribution < 1.29 is 9.59 Å². The summed E-state index contributed by atoms with van der Waals surface area (Å²) in [6.07, 6.45) is 0.388. The maximum Gasteiger partial charge on any atom is 0.257 e. The second kappa shape index (κ2) is 7.39. The number of hydrogen-bond acceptors (Lipinski definition) is 4. The second-order valence-corrected chi connectivity index (χ2v) is 7.06. The number of halogens is 2. The summed E-state index contributed by atoms with van der Waals surface area (Å²) in [6.45, 7) is 1.78. The number of thiazole rings is 1. The molecule has 2 N–H and O–H groups in total. The summed E-state index contributed by atoms with van der Waals surface area (Å²) in [4.78, 5) is 28.2. The molecule has 0 atom stereocenters. The van der Waals surface area contributed by atoms with Crippen LogP contribution in [0.5, 0.6) is 0 Å². The number of fused-ring (bicyclic) bond motifs is 1. The fourth-order valence-corrected chi connectivity index (χ4v) is 3.55. The lowest BCUT2D eigenvalue weighted by Crippen LogP contribution is -2.12. The number of aromatic nitrogens is 1. The number of amides is 2. The van der Waals surface area contributed by atoms with Crippen molar-refractivity contribution in [2.24, 2.45) is 0 Å². The third kappa shape index (κ3) is 4.10. The van der Waals surface area contributed by atoms with Crippen LogP contribution in [-0.4, -0.2) is 16.8 Å². The first kappa shape index (κ1) is 17.7. The Morgan fingerprint density at radius 1 is 1.12 bits per heavy atom. The van der Waals surface area contributed by atoms with E-state index in [-0.39, 0.29) is 16.8 Å². The molecule has 0 aliphatic heterocycles. The van der Waals surface area contributed by atoms with Gasteiger partial charge in [-0.15, -0.1) is 0 Å². The summed E-state index contributed by atoms with van der Waals surface area (Å²) in [5, 5.41) is 6.81. The first-order valence-corrected chi connectivity index (χ1v) is 9.00. The van der Waals surface area contributed by atoms with Crippen LogP contribution in [0.25, 0.3) is 10.2 Å². The minimum Gasteiger partial charge on any atom is -0.322 e. The minimum absolute atomic E-state index is 0.0926. The van der Waals surface area contributed by atoms with Crippen LogP contribution in [0.15, 0.2) is 36.4 Å². The standard InChI is InChI=1S/C17H13Cl2N3O2S/c1-2-15(23)22-17-21-13-6-4-10(8-14(13)25-17)20-16(24)11-5-3-9(18)7-12(11)19/h3-8H,2H2,1H3,(H,20,24)(H,21,22,23). The normalized spacial score (nSPS) is 10.7. The Bertz CT molecular complexity index is 972. The molecule has 0 unspecified atom stereocenters. The van der Waals surface area contributed by atoms with Crippen molar-refractivity contribution in [3.63, 3.8) is 0 Å². The van der Waals surface area contributed by atoms with Gasteiger partial charge in [-0.3, -0.25) is 9.59 Å². The van der Waals surface area contributed by atoms with E-state index in [0.717, 1.165) is 10.2 Å². The van der Waals surface area contributed by atoms with Gasteiger partial charge >= 0.3 is 0 Å². The molecule has 0 aliphatic rings. The number of benzene rings is 2. The van der Waals surface area contributed by atoms with E-state index in [2.05, 4.69) is 15.6 Å². The molecular formula is C17H13Cl2N3O2S. The van der Waals surface area contributed by atoms with E-state index >= 15 is 0 Å². The monoisotopic (exact) mass is 393 g/mol. The Hall–Kier alpha value is -2.15. The molecule has 3 rings (SSSR count). The van der Waals surface area contributed by atoms with Crippen LogP contribution in [-0.2, 0) is 4.79 Å². The SMILES string of the molecule is CCC(=O)Nc1nc2ccc(NC(=O)c3ccc(Cl)cc3Cl)cc2s1. The molecule has 1 aromatic heterocycles. The first-order valence-electron chi connectivity index (χ1n) is 7.43. The average Bonchev–Trinajstić information content (AvgIpc) is 2.95. The molecule has 0 fully saturated rings. The van der Waals surface area contributed by atoms with Gasteiger partial charge in [-0.25, -0.2) is 4.98 Å². The van der Waals surface area contributed by atoms with Gasteiger partial charge < -0.3 is 10.6 Å². The topological polar surface area (TPSA) is 71.1 Å². The zero-order chi connectivity index (χ0) is 18.0. The molecule has 0 radical (unpaired) electrons. The molecule has 1 heterocycles. The summed E-state index contributed by atoms with van der Waals surface area (Å²) < 4.78 is 0.853. The van der Waals surface area contributed by atoms with Crippen molar-refractivity contribution in [2.45, 2.75) is 13.3 Å². The zero-order valence-electron chi connectivity index (χ0n) is 13.1. The van der Waals surface area contributed by atoms with Crippen molar-refractivity contribution >= 4 is 67.4 Å². The van der Waals surface area contributed by atoms with Gasteiger partial charge in [0.1, 0.15) is 0 Å². The lowest BCUT2D eigenvalue weighted by Gasteiger charge is -2.07. The van der Waals surface area contributed by atoms with Crippen LogP contribution in [0, 0.1) is 0 Å². The fraction of sp³-hybridized carbons (Fsp3) is 0.118. The van der Waals surface area contributed by atoms with E-state index in [0.29, 0.717) is 27.8 Å².